The van der Waals surface area contributed by atoms with Crippen LogP contribution < -0.4 is 15.0 Å². The molecule has 178 valence electrons. The molecule has 0 amide bonds. The highest BCUT2D eigenvalue weighted by Crippen LogP contribution is 2.44. The maximum atomic E-state index is 5.90. The van der Waals surface area contributed by atoms with Gasteiger partial charge in [-0.25, -0.2) is 0 Å². The second kappa shape index (κ2) is 9.84. The van der Waals surface area contributed by atoms with E-state index in [1.165, 1.54) is 17.0 Å². The van der Waals surface area contributed by atoms with Crippen molar-refractivity contribution in [2.24, 2.45) is 0 Å². The van der Waals surface area contributed by atoms with E-state index in [0.717, 1.165) is 27.3 Å². The summed E-state index contributed by atoms with van der Waals surface area (Å²) in [7, 11) is 0. The molecule has 3 heterocycles. The smallest absolute Gasteiger partial charge is 0.174 e. The van der Waals surface area contributed by atoms with E-state index >= 15 is 0 Å². The molecular formula is C28H27BrN4OS. The molecule has 7 heteroatoms. The van der Waals surface area contributed by atoms with Crippen LogP contribution in [0.25, 0.3) is 5.69 Å². The number of nitrogens with zero attached hydrogens (tertiary/aromatic N) is 3. The topological polar surface area (TPSA) is 42.3 Å². The van der Waals surface area contributed by atoms with Gasteiger partial charge in [-0.15, -0.1) is 0 Å². The van der Waals surface area contributed by atoms with Crippen LogP contribution in [0, 0.1) is 13.8 Å². The van der Waals surface area contributed by atoms with Crippen molar-refractivity contribution in [2.75, 3.05) is 11.5 Å². The van der Waals surface area contributed by atoms with Gasteiger partial charge in [-0.1, -0.05) is 22.0 Å². The van der Waals surface area contributed by atoms with Gasteiger partial charge in [0.25, 0.3) is 0 Å². The second-order valence-electron chi connectivity index (χ2n) is 8.56. The first-order chi connectivity index (χ1) is 17.0. The van der Waals surface area contributed by atoms with Gasteiger partial charge >= 0.3 is 0 Å². The predicted octanol–water partition coefficient (Wildman–Crippen LogP) is 6.83. The summed E-state index contributed by atoms with van der Waals surface area (Å²) in [6.07, 6.45) is 1.84. The minimum absolute atomic E-state index is 0.0641. The first-order valence-corrected chi connectivity index (χ1v) is 12.9. The number of thiocarbonyl (C=S) groups is 1. The van der Waals surface area contributed by atoms with Crippen molar-refractivity contribution >= 4 is 38.9 Å². The highest BCUT2D eigenvalue weighted by Gasteiger charge is 2.42. The van der Waals surface area contributed by atoms with Crippen LogP contribution in [-0.4, -0.2) is 21.3 Å². The zero-order valence-electron chi connectivity index (χ0n) is 19.9. The molecule has 5 nitrogen and oxygen atoms in total. The molecule has 5 rings (SSSR count). The summed E-state index contributed by atoms with van der Waals surface area (Å²) >= 11 is 9.44. The highest BCUT2D eigenvalue weighted by molar-refractivity contribution is 9.10. The van der Waals surface area contributed by atoms with Crippen molar-refractivity contribution in [1.29, 1.82) is 0 Å². The Kier molecular flexibility index (Phi) is 6.62. The molecule has 1 N–H and O–H groups in total. The van der Waals surface area contributed by atoms with Crippen LogP contribution in [0.4, 0.5) is 5.69 Å². The monoisotopic (exact) mass is 546 g/mol. The van der Waals surface area contributed by atoms with Crippen LogP contribution in [-0.2, 0) is 0 Å². The Balaban J connectivity index is 1.63. The largest absolute Gasteiger partial charge is 0.494 e. The maximum absolute atomic E-state index is 5.90. The Morgan fingerprint density at radius 3 is 2.37 bits per heavy atom. The quantitative estimate of drug-likeness (QED) is 0.268. The van der Waals surface area contributed by atoms with E-state index in [-0.39, 0.29) is 12.1 Å². The number of aryl methyl sites for hydroxylation is 1. The Bertz CT molecular complexity index is 1340. The molecule has 0 unspecified atom stereocenters. The molecule has 1 saturated heterocycles. The molecule has 0 saturated carbocycles. The fourth-order valence-corrected chi connectivity index (χ4v) is 5.50. The molecule has 0 spiro atoms. The number of hydrogen-bond acceptors (Lipinski definition) is 3. The third-order valence-electron chi connectivity index (χ3n) is 6.40. The fraction of sp³-hybridized carbons (Fsp3) is 0.214. The SMILES string of the molecule is CCOc1ccc(N2C(=S)N[C@@H](c3ccccn3)[C@@H]2c2cc(C)n(-c3ccc(Br)cc3)c2C)cc1. The molecule has 35 heavy (non-hydrogen) atoms. The van der Waals surface area contributed by atoms with Gasteiger partial charge in [0.15, 0.2) is 5.11 Å². The van der Waals surface area contributed by atoms with Crippen molar-refractivity contribution < 1.29 is 4.74 Å². The minimum Gasteiger partial charge on any atom is -0.494 e. The van der Waals surface area contributed by atoms with E-state index in [0.29, 0.717) is 11.7 Å². The summed E-state index contributed by atoms with van der Waals surface area (Å²) in [4.78, 5) is 6.89. The number of halogens is 1. The lowest BCUT2D eigenvalue weighted by molar-refractivity contribution is 0.340. The average molecular weight is 548 g/mol. The van der Waals surface area contributed by atoms with Crippen molar-refractivity contribution in [3.63, 3.8) is 0 Å². The van der Waals surface area contributed by atoms with Crippen molar-refractivity contribution in [2.45, 2.75) is 32.9 Å². The van der Waals surface area contributed by atoms with Crippen LogP contribution in [0.5, 0.6) is 5.75 Å². The van der Waals surface area contributed by atoms with Gasteiger partial charge in [0.1, 0.15) is 5.75 Å². The second-order valence-corrected chi connectivity index (χ2v) is 9.86. The maximum Gasteiger partial charge on any atom is 0.174 e. The number of pyridine rings is 1. The predicted molar refractivity (Wildman–Crippen MR) is 148 cm³/mol. The summed E-state index contributed by atoms with van der Waals surface area (Å²) < 4.78 is 9.03. The molecule has 0 aliphatic carbocycles. The molecule has 0 bridgehead atoms. The summed E-state index contributed by atoms with van der Waals surface area (Å²) in [5.74, 6) is 0.848. The van der Waals surface area contributed by atoms with Crippen LogP contribution in [0.3, 0.4) is 0 Å². The fourth-order valence-electron chi connectivity index (χ4n) is 4.89. The number of rotatable bonds is 6. The van der Waals surface area contributed by atoms with E-state index < -0.39 is 0 Å². The Hall–Kier alpha value is -3.16. The van der Waals surface area contributed by atoms with Crippen LogP contribution in [0.1, 0.15) is 41.7 Å². The van der Waals surface area contributed by atoms with Crippen LogP contribution >= 0.6 is 28.1 Å². The van der Waals surface area contributed by atoms with Crippen LogP contribution in [0.15, 0.2) is 83.5 Å². The molecule has 1 fully saturated rings. The first-order valence-electron chi connectivity index (χ1n) is 11.7. The average Bonchev–Trinajstić information content (AvgIpc) is 3.36. The number of aromatic nitrogens is 2. The van der Waals surface area contributed by atoms with Gasteiger partial charge in [-0.2, -0.15) is 0 Å². The number of nitrogens with one attached hydrogen (secondary N) is 1. The Morgan fingerprint density at radius 1 is 1.00 bits per heavy atom. The summed E-state index contributed by atoms with van der Waals surface area (Å²) in [6, 6.07) is 24.7. The lowest BCUT2D eigenvalue weighted by Gasteiger charge is -2.28. The normalized spacial score (nSPS) is 17.5. The number of benzene rings is 2. The standard InChI is InChI=1S/C28H27BrN4OS/c1-4-34-23-14-12-22(13-15-23)33-27(26(31-28(33)35)25-7-5-6-16-30-25)24-17-18(2)32(19(24)3)21-10-8-20(29)9-11-21/h5-17,26-27H,4H2,1-3H3,(H,31,35)/t26-,27-/m0/s1. The molecule has 2 aromatic heterocycles. The van der Waals surface area contributed by atoms with E-state index in [4.69, 9.17) is 17.0 Å². The molecular weight excluding hydrogens is 520 g/mol. The van der Waals surface area contributed by atoms with Gasteiger partial charge < -0.3 is 19.5 Å². The molecule has 0 radical (unpaired) electrons. The van der Waals surface area contributed by atoms with Gasteiger partial charge in [-0.3, -0.25) is 4.98 Å². The lowest BCUT2D eigenvalue weighted by atomic mass is 9.96. The summed E-state index contributed by atoms with van der Waals surface area (Å²) in [6.45, 7) is 6.95. The van der Waals surface area contributed by atoms with Gasteiger partial charge in [-0.05, 0) is 105 Å². The molecule has 4 aromatic rings. The van der Waals surface area contributed by atoms with Crippen molar-refractivity contribution in [1.82, 2.24) is 14.9 Å². The number of hydrogen-bond donors (Lipinski definition) is 1. The van der Waals surface area contributed by atoms with Gasteiger partial charge in [0, 0.05) is 33.4 Å². The van der Waals surface area contributed by atoms with Crippen LogP contribution in [0.2, 0.25) is 0 Å². The third-order valence-corrected chi connectivity index (χ3v) is 7.24. The van der Waals surface area contributed by atoms with Crippen molar-refractivity contribution in [3.8, 4) is 11.4 Å². The molecule has 2 atom stereocenters. The third kappa shape index (κ3) is 4.46. The first kappa shape index (κ1) is 23.6. The van der Waals surface area contributed by atoms with E-state index in [1.807, 2.05) is 37.4 Å². The molecule has 2 aromatic carbocycles. The lowest BCUT2D eigenvalue weighted by Crippen LogP contribution is -2.29. The summed E-state index contributed by atoms with van der Waals surface area (Å²) in [5.41, 5.74) is 6.67. The highest BCUT2D eigenvalue weighted by atomic mass is 79.9. The number of anilines is 1. The zero-order chi connectivity index (χ0) is 24.5. The van der Waals surface area contributed by atoms with Crippen molar-refractivity contribution in [3.05, 3.63) is 106 Å². The number of ether oxygens (including phenoxy) is 1. The molecule has 1 aliphatic rings. The Morgan fingerprint density at radius 2 is 1.71 bits per heavy atom. The van der Waals surface area contributed by atoms with E-state index in [1.54, 1.807) is 0 Å². The Labute approximate surface area is 219 Å². The van der Waals surface area contributed by atoms with E-state index in [9.17, 15) is 0 Å². The van der Waals surface area contributed by atoms with Gasteiger partial charge in [0.2, 0.25) is 0 Å². The zero-order valence-corrected chi connectivity index (χ0v) is 22.3. The summed E-state index contributed by atoms with van der Waals surface area (Å²) in [5, 5.41) is 4.24. The minimum atomic E-state index is -0.0888. The van der Waals surface area contributed by atoms with Gasteiger partial charge in [0.05, 0.1) is 24.4 Å². The molecule has 1 aliphatic heterocycles. The van der Waals surface area contributed by atoms with E-state index in [2.05, 4.69) is 98.1 Å².